The third-order valence-electron chi connectivity index (χ3n) is 3.18. The van der Waals surface area contributed by atoms with Crippen molar-refractivity contribution < 1.29 is 9.13 Å². The van der Waals surface area contributed by atoms with Gasteiger partial charge in [0.15, 0.2) is 5.75 Å². The van der Waals surface area contributed by atoms with Crippen LogP contribution in [0.4, 0.5) is 4.39 Å². The van der Waals surface area contributed by atoms with E-state index in [-0.39, 0.29) is 18.2 Å². The molecule has 2 nitrogen and oxygen atoms in total. The summed E-state index contributed by atoms with van der Waals surface area (Å²) in [7, 11) is 0. The average Bonchev–Trinajstić information content (AvgIpc) is 2.49. The van der Waals surface area contributed by atoms with Crippen LogP contribution in [0.1, 0.15) is 18.1 Å². The minimum absolute atomic E-state index is 0. The Labute approximate surface area is 152 Å². The van der Waals surface area contributed by atoms with Crippen molar-refractivity contribution in [3.63, 3.8) is 0 Å². The molecule has 0 aliphatic carbocycles. The van der Waals surface area contributed by atoms with Crippen molar-refractivity contribution in [3.8, 4) is 5.75 Å². The minimum Gasteiger partial charge on any atom is -0.491 e. The fourth-order valence-corrected chi connectivity index (χ4v) is 2.75. The molecule has 0 spiro atoms. The molecule has 2 rings (SSSR count). The van der Waals surface area contributed by atoms with Crippen LogP contribution in [-0.4, -0.2) is 13.2 Å². The molecular formula is C17H19Cl3FNO. The first kappa shape index (κ1) is 20.0. The molecule has 1 N–H and O–H groups in total. The van der Waals surface area contributed by atoms with Crippen LogP contribution < -0.4 is 10.1 Å². The van der Waals surface area contributed by atoms with Crippen molar-refractivity contribution in [1.82, 2.24) is 5.32 Å². The highest BCUT2D eigenvalue weighted by Crippen LogP contribution is 2.34. The van der Waals surface area contributed by atoms with Gasteiger partial charge in [-0.15, -0.1) is 12.4 Å². The Balaban J connectivity index is 0.00000264. The monoisotopic (exact) mass is 377 g/mol. The second-order valence-electron chi connectivity index (χ2n) is 4.87. The lowest BCUT2D eigenvalue weighted by molar-refractivity contribution is 0.340. The topological polar surface area (TPSA) is 21.3 Å². The zero-order valence-electron chi connectivity index (χ0n) is 12.7. The highest BCUT2D eigenvalue weighted by Gasteiger charge is 2.09. The first-order chi connectivity index (χ1) is 10.6. The zero-order chi connectivity index (χ0) is 15.9. The summed E-state index contributed by atoms with van der Waals surface area (Å²) >= 11 is 12.3. The van der Waals surface area contributed by atoms with Crippen LogP contribution in [0, 0.1) is 5.82 Å². The molecule has 0 amide bonds. The molecule has 0 heterocycles. The van der Waals surface area contributed by atoms with Gasteiger partial charge in [-0.2, -0.15) is 0 Å². The summed E-state index contributed by atoms with van der Waals surface area (Å²) in [4.78, 5) is 0. The second-order valence-corrected chi connectivity index (χ2v) is 5.69. The van der Waals surface area contributed by atoms with E-state index in [1.165, 1.54) is 12.1 Å². The van der Waals surface area contributed by atoms with Crippen molar-refractivity contribution in [2.75, 3.05) is 13.2 Å². The van der Waals surface area contributed by atoms with Crippen molar-refractivity contribution in [2.45, 2.75) is 19.9 Å². The van der Waals surface area contributed by atoms with Crippen LogP contribution in [0.5, 0.6) is 5.75 Å². The lowest BCUT2D eigenvalue weighted by Crippen LogP contribution is -2.16. The Morgan fingerprint density at radius 3 is 2.22 bits per heavy atom. The molecule has 23 heavy (non-hydrogen) atoms. The largest absolute Gasteiger partial charge is 0.491 e. The van der Waals surface area contributed by atoms with Gasteiger partial charge in [0.2, 0.25) is 0 Å². The highest BCUT2D eigenvalue weighted by molar-refractivity contribution is 6.37. The van der Waals surface area contributed by atoms with Gasteiger partial charge in [-0.1, -0.05) is 35.3 Å². The molecule has 0 saturated heterocycles. The molecule has 0 atom stereocenters. The van der Waals surface area contributed by atoms with Crippen LogP contribution in [-0.2, 0) is 13.0 Å². The van der Waals surface area contributed by atoms with Gasteiger partial charge in [0, 0.05) is 6.54 Å². The molecule has 2 aromatic carbocycles. The van der Waals surface area contributed by atoms with E-state index < -0.39 is 0 Å². The molecule has 6 heteroatoms. The van der Waals surface area contributed by atoms with Gasteiger partial charge in [-0.3, -0.25) is 0 Å². The molecule has 126 valence electrons. The zero-order valence-corrected chi connectivity index (χ0v) is 15.1. The van der Waals surface area contributed by atoms with Gasteiger partial charge in [0.1, 0.15) is 5.82 Å². The summed E-state index contributed by atoms with van der Waals surface area (Å²) in [5.41, 5.74) is 2.09. The third kappa shape index (κ3) is 6.19. The molecule has 0 unspecified atom stereocenters. The lowest BCUT2D eigenvalue weighted by atomic mass is 10.1. The summed E-state index contributed by atoms with van der Waals surface area (Å²) in [6, 6.07) is 10.2. The first-order valence-electron chi connectivity index (χ1n) is 7.16. The third-order valence-corrected chi connectivity index (χ3v) is 3.74. The molecule has 0 bridgehead atoms. The first-order valence-corrected chi connectivity index (χ1v) is 7.91. The Bertz CT molecular complexity index is 597. The van der Waals surface area contributed by atoms with Gasteiger partial charge in [-0.25, -0.2) is 4.39 Å². The standard InChI is InChI=1S/C17H18Cl2FNO.ClH/c1-2-22-17-15(18)9-13(10-16(17)19)11-21-8-7-12-3-5-14(20)6-4-12;/h3-6,9-10,21H,2,7-8,11H2,1H3;1H. The van der Waals surface area contributed by atoms with Crippen LogP contribution in [0.3, 0.4) is 0 Å². The maximum Gasteiger partial charge on any atom is 0.156 e. The highest BCUT2D eigenvalue weighted by atomic mass is 35.5. The van der Waals surface area contributed by atoms with E-state index in [1.54, 1.807) is 12.1 Å². The molecule has 0 radical (unpaired) electrons. The van der Waals surface area contributed by atoms with Gasteiger partial charge in [0.05, 0.1) is 16.7 Å². The fourth-order valence-electron chi connectivity index (χ4n) is 2.11. The smallest absolute Gasteiger partial charge is 0.156 e. The lowest BCUT2D eigenvalue weighted by Gasteiger charge is -2.11. The summed E-state index contributed by atoms with van der Waals surface area (Å²) < 4.78 is 18.2. The van der Waals surface area contributed by atoms with E-state index in [9.17, 15) is 4.39 Å². The molecule has 0 saturated carbocycles. The van der Waals surface area contributed by atoms with E-state index >= 15 is 0 Å². The molecule has 0 fully saturated rings. The van der Waals surface area contributed by atoms with Gasteiger partial charge in [0.25, 0.3) is 0 Å². The van der Waals surface area contributed by atoms with E-state index in [1.807, 2.05) is 19.1 Å². The van der Waals surface area contributed by atoms with Crippen molar-refractivity contribution in [2.24, 2.45) is 0 Å². The SMILES string of the molecule is CCOc1c(Cl)cc(CNCCc2ccc(F)cc2)cc1Cl.Cl. The quantitative estimate of drug-likeness (QED) is 0.661. The van der Waals surface area contributed by atoms with Crippen molar-refractivity contribution in [3.05, 3.63) is 63.4 Å². The molecule has 0 aliphatic rings. The van der Waals surface area contributed by atoms with Gasteiger partial charge >= 0.3 is 0 Å². The number of hydrogen-bond donors (Lipinski definition) is 1. The van der Waals surface area contributed by atoms with Crippen LogP contribution in [0.15, 0.2) is 36.4 Å². The summed E-state index contributed by atoms with van der Waals surface area (Å²) in [5, 5.41) is 4.36. The number of ether oxygens (including phenoxy) is 1. The molecule has 0 aliphatic heterocycles. The van der Waals surface area contributed by atoms with Gasteiger partial charge < -0.3 is 10.1 Å². The summed E-state index contributed by atoms with van der Waals surface area (Å²) in [6.45, 7) is 3.85. The molecule has 0 aromatic heterocycles. The predicted molar refractivity (Wildman–Crippen MR) is 96.7 cm³/mol. The van der Waals surface area contributed by atoms with E-state index in [2.05, 4.69) is 5.32 Å². The van der Waals surface area contributed by atoms with Crippen molar-refractivity contribution >= 4 is 35.6 Å². The Kier molecular flexibility index (Phi) is 8.71. The Hall–Kier alpha value is -1.000. The Morgan fingerprint density at radius 2 is 1.65 bits per heavy atom. The van der Waals surface area contributed by atoms with E-state index in [4.69, 9.17) is 27.9 Å². The minimum atomic E-state index is -0.213. The predicted octanol–water partition coefficient (Wildman–Crippen LogP) is 5.29. The van der Waals surface area contributed by atoms with Crippen molar-refractivity contribution in [1.29, 1.82) is 0 Å². The van der Waals surface area contributed by atoms with Crippen LogP contribution in [0.25, 0.3) is 0 Å². The van der Waals surface area contributed by atoms with Gasteiger partial charge in [-0.05, 0) is 55.3 Å². The second kappa shape index (κ2) is 9.99. The average molecular weight is 379 g/mol. The summed E-state index contributed by atoms with van der Waals surface area (Å²) in [5.74, 6) is 0.316. The van der Waals surface area contributed by atoms with Crippen LogP contribution in [0.2, 0.25) is 10.0 Å². The molecular weight excluding hydrogens is 360 g/mol. The Morgan fingerprint density at radius 1 is 1.04 bits per heavy atom. The number of halogens is 4. The van der Waals surface area contributed by atoms with Crippen LogP contribution >= 0.6 is 35.6 Å². The summed E-state index contributed by atoms with van der Waals surface area (Å²) in [6.07, 6.45) is 0.832. The maximum absolute atomic E-state index is 12.8. The number of nitrogens with one attached hydrogen (secondary N) is 1. The number of benzene rings is 2. The van der Waals surface area contributed by atoms with E-state index in [0.29, 0.717) is 28.9 Å². The maximum atomic E-state index is 12.8. The van der Waals surface area contributed by atoms with E-state index in [0.717, 1.165) is 24.1 Å². The molecule has 2 aromatic rings. The fraction of sp³-hybridized carbons (Fsp3) is 0.294. The number of hydrogen-bond acceptors (Lipinski definition) is 2. The normalized spacial score (nSPS) is 10.3. The number of rotatable bonds is 7.